The van der Waals surface area contributed by atoms with Crippen LogP contribution < -0.4 is 5.73 Å². The Bertz CT molecular complexity index is 373. The predicted molar refractivity (Wildman–Crippen MR) is 75.2 cm³/mol. The van der Waals surface area contributed by atoms with Crippen LogP contribution in [-0.2, 0) is 6.54 Å². The zero-order chi connectivity index (χ0) is 13.2. The summed E-state index contributed by atoms with van der Waals surface area (Å²) >= 11 is 0. The molecule has 2 N–H and O–H groups in total. The van der Waals surface area contributed by atoms with Gasteiger partial charge in [-0.25, -0.2) is 4.98 Å². The van der Waals surface area contributed by atoms with Crippen LogP contribution in [0.3, 0.4) is 0 Å². The average molecular weight is 249 g/mol. The molecular weight excluding hydrogens is 222 g/mol. The summed E-state index contributed by atoms with van der Waals surface area (Å²) in [4.78, 5) is 4.28. The summed E-state index contributed by atoms with van der Waals surface area (Å²) in [5.41, 5.74) is 7.67. The molecule has 0 bridgehead atoms. The van der Waals surface area contributed by atoms with Crippen molar-refractivity contribution >= 4 is 0 Å². The standard InChI is InChI=1S/C15H27N3/c1-12(2)8-15(6-4-5-7-15)10-18-11-17-9-14(18)13(3)16/h9,11-13H,4-8,10,16H2,1-3H3. The Kier molecular flexibility index (Phi) is 4.10. The molecule has 1 fully saturated rings. The molecule has 0 aliphatic heterocycles. The molecule has 0 radical (unpaired) electrons. The largest absolute Gasteiger partial charge is 0.333 e. The molecule has 0 aromatic carbocycles. The first-order valence-electron chi connectivity index (χ1n) is 7.28. The summed E-state index contributed by atoms with van der Waals surface area (Å²) in [5, 5.41) is 0. The quantitative estimate of drug-likeness (QED) is 0.868. The SMILES string of the molecule is CC(C)CC1(Cn2cncc2C(C)N)CCCC1. The zero-order valence-electron chi connectivity index (χ0n) is 12.0. The van der Waals surface area contributed by atoms with Crippen LogP contribution in [0.5, 0.6) is 0 Å². The van der Waals surface area contributed by atoms with E-state index < -0.39 is 0 Å². The molecule has 2 rings (SSSR count). The van der Waals surface area contributed by atoms with E-state index in [0.717, 1.165) is 12.5 Å². The lowest BCUT2D eigenvalue weighted by Crippen LogP contribution is -2.27. The van der Waals surface area contributed by atoms with Crippen LogP contribution in [0.4, 0.5) is 0 Å². The summed E-state index contributed by atoms with van der Waals surface area (Å²) in [7, 11) is 0. The Morgan fingerprint density at radius 2 is 2.00 bits per heavy atom. The fourth-order valence-corrected chi connectivity index (χ4v) is 3.62. The van der Waals surface area contributed by atoms with E-state index in [9.17, 15) is 0 Å². The minimum atomic E-state index is 0.0741. The van der Waals surface area contributed by atoms with Crippen molar-refractivity contribution in [3.05, 3.63) is 18.2 Å². The van der Waals surface area contributed by atoms with Crippen LogP contribution in [0, 0.1) is 11.3 Å². The fraction of sp³-hybridized carbons (Fsp3) is 0.800. The number of hydrogen-bond donors (Lipinski definition) is 1. The third-order valence-corrected chi connectivity index (χ3v) is 4.22. The number of nitrogens with two attached hydrogens (primary N) is 1. The highest BCUT2D eigenvalue weighted by Crippen LogP contribution is 2.44. The Morgan fingerprint density at radius 1 is 1.33 bits per heavy atom. The molecule has 0 amide bonds. The van der Waals surface area contributed by atoms with E-state index in [1.807, 2.05) is 19.4 Å². The van der Waals surface area contributed by atoms with E-state index in [4.69, 9.17) is 5.73 Å². The first-order chi connectivity index (χ1) is 8.52. The van der Waals surface area contributed by atoms with Gasteiger partial charge in [0.25, 0.3) is 0 Å². The third-order valence-electron chi connectivity index (χ3n) is 4.22. The van der Waals surface area contributed by atoms with E-state index in [1.165, 1.54) is 37.8 Å². The normalized spacial score (nSPS) is 20.5. The van der Waals surface area contributed by atoms with Crippen molar-refractivity contribution in [2.75, 3.05) is 0 Å². The molecule has 1 aliphatic carbocycles. The number of nitrogens with zero attached hydrogens (tertiary/aromatic N) is 2. The number of rotatable bonds is 5. The lowest BCUT2D eigenvalue weighted by molar-refractivity contribution is 0.194. The highest BCUT2D eigenvalue weighted by molar-refractivity contribution is 5.04. The maximum atomic E-state index is 6.02. The van der Waals surface area contributed by atoms with Gasteiger partial charge in [-0.3, -0.25) is 0 Å². The highest BCUT2D eigenvalue weighted by Gasteiger charge is 2.35. The van der Waals surface area contributed by atoms with Crippen molar-refractivity contribution < 1.29 is 0 Å². The van der Waals surface area contributed by atoms with Gasteiger partial charge in [0.2, 0.25) is 0 Å². The summed E-state index contributed by atoms with van der Waals surface area (Å²) in [5.74, 6) is 0.769. The summed E-state index contributed by atoms with van der Waals surface area (Å²) < 4.78 is 2.29. The van der Waals surface area contributed by atoms with Gasteiger partial charge in [-0.05, 0) is 37.5 Å². The summed E-state index contributed by atoms with van der Waals surface area (Å²) in [6.45, 7) is 7.81. The molecule has 1 aromatic heterocycles. The van der Waals surface area contributed by atoms with E-state index in [1.54, 1.807) is 0 Å². The first-order valence-corrected chi connectivity index (χ1v) is 7.28. The minimum absolute atomic E-state index is 0.0741. The van der Waals surface area contributed by atoms with Gasteiger partial charge in [-0.1, -0.05) is 26.7 Å². The zero-order valence-corrected chi connectivity index (χ0v) is 12.0. The molecule has 1 heterocycles. The Balaban J connectivity index is 2.16. The second kappa shape index (κ2) is 5.43. The molecule has 102 valence electrons. The monoisotopic (exact) mass is 249 g/mol. The molecule has 1 aromatic rings. The topological polar surface area (TPSA) is 43.8 Å². The third kappa shape index (κ3) is 2.94. The fourth-order valence-electron chi connectivity index (χ4n) is 3.62. The molecule has 3 nitrogen and oxygen atoms in total. The number of aromatic nitrogens is 2. The molecule has 1 atom stereocenters. The van der Waals surface area contributed by atoms with Crippen LogP contribution in [0.15, 0.2) is 12.5 Å². The Hall–Kier alpha value is -0.830. The van der Waals surface area contributed by atoms with Crippen molar-refractivity contribution in [3.8, 4) is 0 Å². The van der Waals surface area contributed by atoms with Gasteiger partial charge in [0.15, 0.2) is 0 Å². The van der Waals surface area contributed by atoms with Crippen molar-refractivity contribution in [2.24, 2.45) is 17.1 Å². The Morgan fingerprint density at radius 3 is 2.56 bits per heavy atom. The van der Waals surface area contributed by atoms with Crippen molar-refractivity contribution in [3.63, 3.8) is 0 Å². The van der Waals surface area contributed by atoms with Gasteiger partial charge in [0.1, 0.15) is 0 Å². The minimum Gasteiger partial charge on any atom is -0.333 e. The van der Waals surface area contributed by atoms with Crippen LogP contribution in [0.25, 0.3) is 0 Å². The average Bonchev–Trinajstić information content (AvgIpc) is 2.87. The van der Waals surface area contributed by atoms with E-state index in [-0.39, 0.29) is 6.04 Å². The van der Waals surface area contributed by atoms with E-state index >= 15 is 0 Å². The maximum absolute atomic E-state index is 6.02. The second-order valence-electron chi connectivity index (χ2n) is 6.54. The maximum Gasteiger partial charge on any atom is 0.0948 e. The van der Waals surface area contributed by atoms with Gasteiger partial charge in [-0.15, -0.1) is 0 Å². The van der Waals surface area contributed by atoms with Crippen molar-refractivity contribution in [2.45, 2.75) is 65.5 Å². The van der Waals surface area contributed by atoms with E-state index in [0.29, 0.717) is 5.41 Å². The summed E-state index contributed by atoms with van der Waals surface area (Å²) in [6, 6.07) is 0.0741. The number of hydrogen-bond acceptors (Lipinski definition) is 2. The first kappa shape index (κ1) is 13.6. The van der Waals surface area contributed by atoms with Crippen molar-refractivity contribution in [1.82, 2.24) is 9.55 Å². The lowest BCUT2D eigenvalue weighted by atomic mass is 9.78. The molecule has 3 heteroatoms. The van der Waals surface area contributed by atoms with Gasteiger partial charge in [-0.2, -0.15) is 0 Å². The molecule has 0 spiro atoms. The van der Waals surface area contributed by atoms with Crippen molar-refractivity contribution in [1.29, 1.82) is 0 Å². The van der Waals surface area contributed by atoms with Gasteiger partial charge in [0.05, 0.1) is 12.0 Å². The Labute approximate surface area is 111 Å². The smallest absolute Gasteiger partial charge is 0.0948 e. The molecule has 1 saturated carbocycles. The van der Waals surface area contributed by atoms with Gasteiger partial charge < -0.3 is 10.3 Å². The highest BCUT2D eigenvalue weighted by atomic mass is 15.1. The lowest BCUT2D eigenvalue weighted by Gasteiger charge is -2.32. The van der Waals surface area contributed by atoms with Crippen LogP contribution in [-0.4, -0.2) is 9.55 Å². The number of imidazole rings is 1. The van der Waals surface area contributed by atoms with E-state index in [2.05, 4.69) is 23.4 Å². The van der Waals surface area contributed by atoms with Crippen LogP contribution >= 0.6 is 0 Å². The second-order valence-corrected chi connectivity index (χ2v) is 6.54. The molecular formula is C15H27N3. The molecule has 1 aliphatic rings. The van der Waals surface area contributed by atoms with Gasteiger partial charge in [0, 0.05) is 18.8 Å². The van der Waals surface area contributed by atoms with Crippen LogP contribution in [0.2, 0.25) is 0 Å². The van der Waals surface area contributed by atoms with Crippen LogP contribution in [0.1, 0.15) is 64.6 Å². The molecule has 1 unspecified atom stereocenters. The molecule has 0 saturated heterocycles. The summed E-state index contributed by atoms with van der Waals surface area (Å²) in [6.07, 6.45) is 10.7. The van der Waals surface area contributed by atoms with Gasteiger partial charge >= 0.3 is 0 Å². The molecule has 18 heavy (non-hydrogen) atoms. The predicted octanol–water partition coefficient (Wildman–Crippen LogP) is 3.51.